The number of likely N-dealkylation sites (N-methyl/N-ethyl adjacent to an activating group) is 4. The van der Waals surface area contributed by atoms with Crippen molar-refractivity contribution >= 4 is 105 Å². The number of hydrogen-bond donors (Lipinski definition) is 13. The van der Waals surface area contributed by atoms with E-state index in [1.54, 1.807) is 128 Å². The second kappa shape index (κ2) is 45.5. The summed E-state index contributed by atoms with van der Waals surface area (Å²) in [5, 5.41) is 65.2. The Hall–Kier alpha value is -12.7. The van der Waals surface area contributed by atoms with Crippen molar-refractivity contribution in [1.82, 2.24) is 72.0 Å². The summed E-state index contributed by atoms with van der Waals surface area (Å²) in [4.78, 5) is 216. The lowest BCUT2D eigenvalue weighted by Crippen LogP contribution is -2.61. The molecule has 0 radical (unpaired) electrons. The highest BCUT2D eigenvalue weighted by atomic mass is 32.2. The number of aliphatic hydroxyl groups excluding tert-OH is 1. The molecule has 9 rings (SSSR count). The minimum atomic E-state index is -1.88. The fourth-order valence-electron chi connectivity index (χ4n) is 15.3. The number of aliphatic carboxylic acids is 1. The predicted octanol–water partition coefficient (Wildman–Crippen LogP) is 3.61. The Bertz CT molecular complexity index is 4870. The van der Waals surface area contributed by atoms with Crippen LogP contribution in [0.4, 0.5) is 0 Å². The molecule has 6 aromatic carbocycles. The molecule has 2 saturated heterocycles. The Kier molecular flexibility index (Phi) is 34.9. The van der Waals surface area contributed by atoms with E-state index in [0.717, 1.165) is 26.5 Å². The average molecular weight is 1720 g/mol. The average Bonchev–Trinajstić information content (AvgIpc) is 1.63. The molecule has 7 aromatic rings. The zero-order chi connectivity index (χ0) is 90.0. The van der Waals surface area contributed by atoms with E-state index < -0.39 is 181 Å². The normalized spacial score (nSPS) is 24.0. The zero-order valence-corrected chi connectivity index (χ0v) is 72.0. The third-order valence-corrected chi connectivity index (χ3v) is 23.3. The van der Waals surface area contributed by atoms with Gasteiger partial charge >= 0.3 is 5.97 Å². The summed E-state index contributed by atoms with van der Waals surface area (Å²) in [5.41, 5.74) is 3.87. The molecule has 0 saturated carbocycles. The number of hydrogen-bond acceptors (Lipinski definition) is 18. The highest BCUT2D eigenvalue weighted by Gasteiger charge is 2.45. The molecule has 33 heteroatoms. The molecular weight excluding hydrogens is 1610 g/mol. The van der Waals surface area contributed by atoms with Crippen molar-refractivity contribution in [2.24, 2.45) is 5.92 Å². The second-order valence-corrected chi connectivity index (χ2v) is 33.4. The van der Waals surface area contributed by atoms with E-state index in [4.69, 9.17) is 0 Å². The van der Waals surface area contributed by atoms with Gasteiger partial charge in [-0.25, -0.2) is 0 Å². The first-order chi connectivity index (χ1) is 59.1. The number of H-pyrrole nitrogens is 1. The molecule has 2 aliphatic rings. The maximum absolute atomic E-state index is 15.6. The van der Waals surface area contributed by atoms with Gasteiger partial charge in [-0.3, -0.25) is 67.1 Å². The number of aliphatic hydroxyl groups is 1. The lowest BCUT2D eigenvalue weighted by atomic mass is 9.99. The van der Waals surface area contributed by atoms with Crippen molar-refractivity contribution in [3.8, 4) is 11.5 Å². The monoisotopic (exact) mass is 1720 g/mol. The largest absolute Gasteiger partial charge is 0.508 e. The molecule has 13 N–H and O–H groups in total. The zero-order valence-electron chi connectivity index (χ0n) is 71.2. The minimum Gasteiger partial charge on any atom is -0.508 e. The van der Waals surface area contributed by atoms with Gasteiger partial charge in [0.15, 0.2) is 0 Å². The number of phenolic OH excluding ortho intramolecular Hbond substituents is 2. The Morgan fingerprint density at radius 1 is 0.468 bits per heavy atom. The summed E-state index contributed by atoms with van der Waals surface area (Å²) >= 11 is 1.14. The van der Waals surface area contributed by atoms with Crippen LogP contribution in [0.5, 0.6) is 11.5 Å². The molecule has 13 atom stereocenters. The highest BCUT2D eigenvalue weighted by molar-refractivity contribution is 8.00. The van der Waals surface area contributed by atoms with Crippen LogP contribution < -0.4 is 42.5 Å². The molecule has 13 amide bonds. The second-order valence-electron chi connectivity index (χ2n) is 32.4. The van der Waals surface area contributed by atoms with Gasteiger partial charge in [0.2, 0.25) is 76.8 Å². The van der Waals surface area contributed by atoms with E-state index in [1.165, 1.54) is 93.4 Å². The van der Waals surface area contributed by atoms with Crippen molar-refractivity contribution in [2.75, 3.05) is 52.8 Å². The number of para-hydroxylation sites is 1. The Balaban J connectivity index is 1.08. The summed E-state index contributed by atoms with van der Waals surface area (Å²) in [6, 6.07) is 27.9. The Morgan fingerprint density at radius 2 is 0.935 bits per heavy atom. The van der Waals surface area contributed by atoms with Gasteiger partial charge < -0.3 is 92.4 Å². The van der Waals surface area contributed by atoms with Gasteiger partial charge in [-0.05, 0) is 96.3 Å². The number of carboxylic acids is 1. The van der Waals surface area contributed by atoms with Crippen molar-refractivity contribution in [2.45, 2.75) is 190 Å². The molecule has 124 heavy (non-hydrogen) atoms. The van der Waals surface area contributed by atoms with E-state index in [0.29, 0.717) is 57.1 Å². The standard InChI is InChI=1S/C91H114N14O18S/c1-10-11-31-74-90(122)101(6)51-78(109)95-71(48-80(111)112)82(114)94-56(5)87(119)103(8)75(44-58-25-17-13-18-26-58)85(117)100-73(43-61-34-38-64(107)39-35-61)89(121)105-50-65(108)47-76(105)86(118)99-70(46-62-49-92-67-30-22-21-29-66(62)67)84(116)98-69(41-60-32-36-63(106)37-33-60)83(115)97-68(40-54(2)3)81(113)93-55(4)52-124-53-79(110)96-72(42-57-23-15-12-16-24-57)88(120)104(9)77(91(123)102(74)7)45-59-27-19-14-20-28-59/h12-30,32-39,49,54-56,65,68-77,92,106-108H,10-11,31,40-48,50-53H2,1-9H3,(H,93,113)(H,94,114)(H,95,109)(H,96,110)(H,97,115)(H,98,116)(H,99,118)(H,100,117)(H,111,112)/t55-,56+,65+,68+,69+,70+,71+,72+,73+,74+,75+,76-,77+/m1/s1. The lowest BCUT2D eigenvalue weighted by Gasteiger charge is -2.37. The molecule has 3 heterocycles. The minimum absolute atomic E-state index is 0.0248. The third kappa shape index (κ3) is 27.2. The summed E-state index contributed by atoms with van der Waals surface area (Å²) in [6.07, 6.45) is -1.07. The summed E-state index contributed by atoms with van der Waals surface area (Å²) in [7, 11) is 5.36. The molecule has 32 nitrogen and oxygen atoms in total. The maximum atomic E-state index is 15.6. The van der Waals surface area contributed by atoms with Crippen LogP contribution >= 0.6 is 11.8 Å². The number of aromatic amines is 1. The maximum Gasteiger partial charge on any atom is 0.305 e. The molecule has 0 bridgehead atoms. The fourth-order valence-corrected chi connectivity index (χ4v) is 16.1. The van der Waals surface area contributed by atoms with E-state index >= 15 is 33.6 Å². The van der Waals surface area contributed by atoms with Crippen molar-refractivity contribution in [3.05, 3.63) is 203 Å². The molecule has 0 spiro atoms. The van der Waals surface area contributed by atoms with Crippen molar-refractivity contribution < 1.29 is 87.5 Å². The number of aromatic hydroxyl groups is 2. The Morgan fingerprint density at radius 3 is 1.51 bits per heavy atom. The van der Waals surface area contributed by atoms with Crippen LogP contribution in [0, 0.1) is 5.92 Å². The van der Waals surface area contributed by atoms with Crippen LogP contribution in [0.1, 0.15) is 107 Å². The van der Waals surface area contributed by atoms with Gasteiger partial charge in [0, 0.05) is 109 Å². The molecular formula is C91H114N14O18S. The summed E-state index contributed by atoms with van der Waals surface area (Å²) in [5.74, 6) is -12.9. The first kappa shape index (κ1) is 95.2. The van der Waals surface area contributed by atoms with Gasteiger partial charge in [0.05, 0.1) is 24.8 Å². The smallest absolute Gasteiger partial charge is 0.305 e. The van der Waals surface area contributed by atoms with E-state index in [2.05, 4.69) is 47.5 Å². The molecule has 0 unspecified atom stereocenters. The number of thioether (sulfide) groups is 1. The number of benzene rings is 6. The van der Waals surface area contributed by atoms with E-state index in [1.807, 2.05) is 20.8 Å². The number of nitrogens with zero attached hydrogens (tertiary/aromatic N) is 5. The number of carbonyl (C=O) groups is 14. The SMILES string of the molecule is CCCC[C@H]1C(=O)N(C)CC(=O)N[C@@H](CC(=O)O)C(=O)N[C@@H](C)C(=O)N(C)[C@@H](Cc2ccccc2)C(=O)N[C@@H](Cc2ccc(O)cc2)C(=O)N2C[C@@H](O)C[C@@H]2C(=O)N[C@@H](Cc2c[nH]c3ccccc23)C(=O)N[C@@H](Cc2ccc(O)cc2)C(=O)N[C@@H](CC(C)C)C(=O)N[C@H](C)CSCC(=O)N[C@@H](Cc2ccccc2)C(=O)N(C)[C@@H](Cc2ccccc2)C(=O)N1C. The van der Waals surface area contributed by atoms with Crippen molar-refractivity contribution in [1.29, 1.82) is 0 Å². The van der Waals surface area contributed by atoms with Gasteiger partial charge in [-0.1, -0.05) is 167 Å². The highest BCUT2D eigenvalue weighted by Crippen LogP contribution is 2.27. The fraction of sp³-hybridized carbons (Fsp3) is 0.429. The number of amides is 13. The van der Waals surface area contributed by atoms with E-state index in [9.17, 15) is 54.0 Å². The number of unbranched alkanes of at least 4 members (excludes halogenated alkanes) is 1. The Labute approximate surface area is 725 Å². The van der Waals surface area contributed by atoms with Gasteiger partial charge in [0.25, 0.3) is 0 Å². The number of nitrogens with one attached hydrogen (secondary N) is 9. The number of carboxylic acid groups (broad SMARTS) is 1. The predicted molar refractivity (Wildman–Crippen MR) is 465 cm³/mol. The number of fused-ring (bicyclic) bond motifs is 2. The molecule has 2 fully saturated rings. The van der Waals surface area contributed by atoms with Crippen LogP contribution in [-0.2, 0) is 106 Å². The summed E-state index contributed by atoms with van der Waals surface area (Å²) in [6.45, 7) is 7.25. The van der Waals surface area contributed by atoms with Gasteiger partial charge in [-0.15, -0.1) is 11.8 Å². The molecule has 2 aliphatic heterocycles. The molecule has 662 valence electrons. The lowest BCUT2D eigenvalue weighted by molar-refractivity contribution is -0.151. The number of carbonyl (C=O) groups excluding carboxylic acids is 13. The van der Waals surface area contributed by atoms with Gasteiger partial charge in [0.1, 0.15) is 78.0 Å². The number of phenols is 2. The number of aromatic nitrogens is 1. The molecule has 0 aliphatic carbocycles. The van der Waals surface area contributed by atoms with Crippen LogP contribution in [0.2, 0.25) is 0 Å². The van der Waals surface area contributed by atoms with Crippen LogP contribution in [-0.4, -0.2) is 264 Å². The van der Waals surface area contributed by atoms with Crippen LogP contribution in [0.15, 0.2) is 170 Å². The summed E-state index contributed by atoms with van der Waals surface area (Å²) < 4.78 is 0. The number of rotatable bonds is 19. The van der Waals surface area contributed by atoms with Crippen molar-refractivity contribution in [3.63, 3.8) is 0 Å². The first-order valence-electron chi connectivity index (χ1n) is 41.6. The third-order valence-electron chi connectivity index (χ3n) is 22.1. The van der Waals surface area contributed by atoms with Crippen LogP contribution in [0.25, 0.3) is 10.9 Å². The molecule has 1 aromatic heterocycles. The first-order valence-corrected chi connectivity index (χ1v) is 42.8. The van der Waals surface area contributed by atoms with Gasteiger partial charge in [-0.2, -0.15) is 0 Å². The van der Waals surface area contributed by atoms with E-state index in [-0.39, 0.29) is 86.7 Å². The quantitative estimate of drug-likeness (QED) is 0.0550. The topological polar surface area (TPSA) is 448 Å². The van der Waals surface area contributed by atoms with Crippen LogP contribution in [0.3, 0.4) is 0 Å².